The standard InChI is InChI=1S/C29H32F2N8O/c1-37-10-12-39(13-11-37)26-16-23(4-7-33-26)34-28(40)27-24-15-21(2-3-25(24)35-36-27)22-14-20(17-32-18-22)19-38-8-5-29(30,31)6-9-38/h2-4,7,14-18H,5-6,8-13,19H2,1H3,(H,35,36)(H,33,34,40). The molecule has 0 bridgehead atoms. The Morgan fingerprint density at radius 1 is 1.00 bits per heavy atom. The van der Waals surface area contributed by atoms with Crippen LogP contribution in [0.15, 0.2) is 55.0 Å². The predicted molar refractivity (Wildman–Crippen MR) is 151 cm³/mol. The maximum absolute atomic E-state index is 13.5. The van der Waals surface area contributed by atoms with Gasteiger partial charge in [-0.2, -0.15) is 5.10 Å². The third kappa shape index (κ3) is 5.80. The normalized spacial score (nSPS) is 18.2. The number of nitrogens with one attached hydrogen (secondary N) is 2. The van der Waals surface area contributed by atoms with Crippen molar-refractivity contribution in [1.82, 2.24) is 30.0 Å². The van der Waals surface area contributed by atoms with E-state index in [1.54, 1.807) is 24.7 Å². The molecule has 0 radical (unpaired) electrons. The zero-order valence-corrected chi connectivity index (χ0v) is 22.4. The van der Waals surface area contributed by atoms with Gasteiger partial charge in [-0.1, -0.05) is 6.07 Å². The topological polar surface area (TPSA) is 93.3 Å². The minimum Gasteiger partial charge on any atom is -0.354 e. The third-order valence-corrected chi connectivity index (χ3v) is 7.73. The van der Waals surface area contributed by atoms with Gasteiger partial charge in [-0.3, -0.25) is 19.8 Å². The number of carbonyl (C=O) groups excluding carboxylic acids is 1. The van der Waals surface area contributed by atoms with Crippen LogP contribution in [0.5, 0.6) is 0 Å². The average molecular weight is 547 g/mol. The number of benzene rings is 1. The molecule has 208 valence electrons. The highest BCUT2D eigenvalue weighted by atomic mass is 19.3. The van der Waals surface area contributed by atoms with Gasteiger partial charge in [-0.25, -0.2) is 13.8 Å². The number of piperidine rings is 1. The lowest BCUT2D eigenvalue weighted by Gasteiger charge is -2.33. The lowest BCUT2D eigenvalue weighted by molar-refractivity contribution is -0.0566. The molecular formula is C29H32F2N8O. The average Bonchev–Trinajstić information content (AvgIpc) is 3.39. The number of halogens is 2. The van der Waals surface area contributed by atoms with E-state index in [0.717, 1.165) is 54.2 Å². The van der Waals surface area contributed by atoms with Gasteiger partial charge in [0.05, 0.1) is 5.52 Å². The van der Waals surface area contributed by atoms with Gasteiger partial charge in [-0.05, 0) is 42.4 Å². The highest BCUT2D eigenvalue weighted by Crippen LogP contribution is 2.30. The predicted octanol–water partition coefficient (Wildman–Crippen LogP) is 4.26. The summed E-state index contributed by atoms with van der Waals surface area (Å²) in [5, 5.41) is 10.9. The monoisotopic (exact) mass is 546 g/mol. The number of carbonyl (C=O) groups is 1. The Balaban J connectivity index is 1.18. The van der Waals surface area contributed by atoms with Crippen molar-refractivity contribution in [2.24, 2.45) is 0 Å². The molecule has 0 spiro atoms. The fraction of sp³-hybridized carbons (Fsp3) is 0.379. The van der Waals surface area contributed by atoms with E-state index in [2.05, 4.69) is 42.3 Å². The largest absolute Gasteiger partial charge is 0.354 e. The molecular weight excluding hydrogens is 514 g/mol. The van der Waals surface area contributed by atoms with E-state index < -0.39 is 5.92 Å². The number of H-pyrrole nitrogens is 1. The Morgan fingerprint density at radius 3 is 2.60 bits per heavy atom. The highest BCUT2D eigenvalue weighted by Gasteiger charge is 2.33. The van der Waals surface area contributed by atoms with Crippen LogP contribution in [0.2, 0.25) is 0 Å². The van der Waals surface area contributed by atoms with Gasteiger partial charge in [0.15, 0.2) is 5.69 Å². The van der Waals surface area contributed by atoms with Crippen LogP contribution in [0.25, 0.3) is 22.0 Å². The molecule has 2 saturated heterocycles. The van der Waals surface area contributed by atoms with E-state index in [1.807, 2.05) is 35.2 Å². The van der Waals surface area contributed by atoms with Crippen LogP contribution >= 0.6 is 0 Å². The Morgan fingerprint density at radius 2 is 1.80 bits per heavy atom. The van der Waals surface area contributed by atoms with Crippen molar-refractivity contribution in [3.05, 3.63) is 66.2 Å². The summed E-state index contributed by atoms with van der Waals surface area (Å²) in [5.41, 5.74) is 4.45. The van der Waals surface area contributed by atoms with Crippen molar-refractivity contribution in [2.45, 2.75) is 25.3 Å². The molecule has 1 aromatic carbocycles. The highest BCUT2D eigenvalue weighted by molar-refractivity contribution is 6.11. The molecule has 6 rings (SSSR count). The van der Waals surface area contributed by atoms with Gasteiger partial charge in [0.1, 0.15) is 5.82 Å². The van der Waals surface area contributed by atoms with Gasteiger partial charge >= 0.3 is 0 Å². The Hall–Kier alpha value is -3.96. The van der Waals surface area contributed by atoms with Gasteiger partial charge in [-0.15, -0.1) is 0 Å². The molecule has 2 N–H and O–H groups in total. The number of pyridine rings is 2. The Kier molecular flexibility index (Phi) is 7.16. The first-order valence-corrected chi connectivity index (χ1v) is 13.6. The van der Waals surface area contributed by atoms with Gasteiger partial charge < -0.3 is 15.1 Å². The van der Waals surface area contributed by atoms with Crippen molar-refractivity contribution < 1.29 is 13.6 Å². The first-order chi connectivity index (χ1) is 19.3. The number of hydrogen-bond donors (Lipinski definition) is 2. The lowest BCUT2D eigenvalue weighted by atomic mass is 10.0. The molecule has 2 aliphatic heterocycles. The summed E-state index contributed by atoms with van der Waals surface area (Å²) in [4.78, 5) is 28.7. The second kappa shape index (κ2) is 10.9. The maximum atomic E-state index is 13.5. The number of hydrogen-bond acceptors (Lipinski definition) is 7. The summed E-state index contributed by atoms with van der Waals surface area (Å²) in [5.74, 6) is -2.04. The number of alkyl halides is 2. The molecule has 11 heteroatoms. The minimum absolute atomic E-state index is 0.112. The molecule has 0 unspecified atom stereocenters. The quantitative estimate of drug-likeness (QED) is 0.373. The fourth-order valence-electron chi connectivity index (χ4n) is 5.29. The van der Waals surface area contributed by atoms with Crippen molar-refractivity contribution in [1.29, 1.82) is 0 Å². The number of likely N-dealkylation sites (tertiary alicyclic amines) is 1. The third-order valence-electron chi connectivity index (χ3n) is 7.73. The molecule has 9 nitrogen and oxygen atoms in total. The number of piperazine rings is 1. The number of fused-ring (bicyclic) bond motifs is 1. The molecule has 2 fully saturated rings. The number of anilines is 2. The second-order valence-electron chi connectivity index (χ2n) is 10.7. The molecule has 5 heterocycles. The molecule has 3 aromatic heterocycles. The first kappa shape index (κ1) is 26.3. The van der Waals surface area contributed by atoms with E-state index in [1.165, 1.54) is 0 Å². The number of aromatic nitrogens is 4. The Bertz CT molecular complexity index is 1500. The molecule has 0 saturated carbocycles. The molecule has 4 aromatic rings. The summed E-state index contributed by atoms with van der Waals surface area (Å²) in [7, 11) is 2.11. The zero-order valence-electron chi connectivity index (χ0n) is 22.4. The van der Waals surface area contributed by atoms with E-state index in [4.69, 9.17) is 0 Å². The molecule has 0 aliphatic carbocycles. The van der Waals surface area contributed by atoms with Crippen LogP contribution in [-0.2, 0) is 6.54 Å². The van der Waals surface area contributed by atoms with E-state index in [9.17, 15) is 13.6 Å². The zero-order chi connectivity index (χ0) is 27.7. The molecule has 1 amide bonds. The number of rotatable bonds is 6. The molecule has 2 aliphatic rings. The van der Waals surface area contributed by atoms with Crippen molar-refractivity contribution in [2.75, 3.05) is 56.5 Å². The van der Waals surface area contributed by atoms with Gasteiger partial charge in [0.25, 0.3) is 11.8 Å². The maximum Gasteiger partial charge on any atom is 0.276 e. The van der Waals surface area contributed by atoms with Crippen LogP contribution in [0.1, 0.15) is 28.9 Å². The summed E-state index contributed by atoms with van der Waals surface area (Å²) in [6.45, 7) is 5.01. The van der Waals surface area contributed by atoms with E-state index in [-0.39, 0.29) is 18.7 Å². The molecule has 40 heavy (non-hydrogen) atoms. The van der Waals surface area contributed by atoms with Crippen molar-refractivity contribution in [3.8, 4) is 11.1 Å². The van der Waals surface area contributed by atoms with E-state index in [0.29, 0.717) is 36.4 Å². The van der Waals surface area contributed by atoms with Gasteiger partial charge in [0, 0.05) is 99.9 Å². The molecule has 0 atom stereocenters. The van der Waals surface area contributed by atoms with E-state index >= 15 is 0 Å². The summed E-state index contributed by atoms with van der Waals surface area (Å²) < 4.78 is 27.1. The second-order valence-corrected chi connectivity index (χ2v) is 10.7. The van der Waals surface area contributed by atoms with Gasteiger partial charge in [0.2, 0.25) is 0 Å². The SMILES string of the molecule is CN1CCN(c2cc(NC(=O)c3n[nH]c4ccc(-c5cncc(CN6CCC(F)(F)CC6)c5)cc34)ccn2)CC1. The number of amides is 1. The smallest absolute Gasteiger partial charge is 0.276 e. The number of aromatic amines is 1. The van der Waals surface area contributed by atoms with Crippen LogP contribution in [0.4, 0.5) is 20.3 Å². The summed E-state index contributed by atoms with van der Waals surface area (Å²) in [6.07, 6.45) is 5.03. The summed E-state index contributed by atoms with van der Waals surface area (Å²) in [6, 6.07) is 11.5. The van der Waals surface area contributed by atoms with Crippen molar-refractivity contribution >= 4 is 28.3 Å². The van der Waals surface area contributed by atoms with Crippen LogP contribution in [0.3, 0.4) is 0 Å². The van der Waals surface area contributed by atoms with Crippen LogP contribution in [0, 0.1) is 0 Å². The lowest BCUT2D eigenvalue weighted by Crippen LogP contribution is -2.44. The van der Waals surface area contributed by atoms with Crippen LogP contribution < -0.4 is 10.2 Å². The fourth-order valence-corrected chi connectivity index (χ4v) is 5.29. The van der Waals surface area contributed by atoms with Crippen LogP contribution in [-0.4, -0.2) is 88.1 Å². The number of nitrogens with zero attached hydrogens (tertiary/aromatic N) is 6. The summed E-state index contributed by atoms with van der Waals surface area (Å²) >= 11 is 0. The Labute approximate surface area is 231 Å². The minimum atomic E-state index is -2.56. The number of likely N-dealkylation sites (N-methyl/N-ethyl adjacent to an activating group) is 1. The van der Waals surface area contributed by atoms with Crippen molar-refractivity contribution in [3.63, 3.8) is 0 Å². The first-order valence-electron chi connectivity index (χ1n) is 13.6.